The predicted molar refractivity (Wildman–Crippen MR) is 250 cm³/mol. The number of ether oxygens (including phenoxy) is 3. The Kier molecular flexibility index (Phi) is 11.6. The van der Waals surface area contributed by atoms with Crippen molar-refractivity contribution in [1.29, 1.82) is 0 Å². The molecule has 3 aromatic heterocycles. The zero-order valence-electron chi connectivity index (χ0n) is 37.7. The molecule has 3 aromatic carbocycles. The van der Waals surface area contributed by atoms with Crippen molar-refractivity contribution in [3.05, 3.63) is 110 Å². The number of rotatable bonds is 11. The number of phenols is 1. The van der Waals surface area contributed by atoms with Crippen LogP contribution in [0.2, 0.25) is 5.02 Å². The number of fused-ring (bicyclic) bond motifs is 6. The van der Waals surface area contributed by atoms with Gasteiger partial charge in [0.1, 0.15) is 48.5 Å². The fourth-order valence-corrected chi connectivity index (χ4v) is 10.3. The number of aromatic nitrogens is 4. The first-order valence-corrected chi connectivity index (χ1v) is 23.1. The molecule has 352 valence electrons. The second kappa shape index (κ2) is 17.4. The van der Waals surface area contributed by atoms with Crippen LogP contribution >= 0.6 is 11.6 Å². The van der Waals surface area contributed by atoms with Crippen LogP contribution in [-0.2, 0) is 39.5 Å². The summed E-state index contributed by atoms with van der Waals surface area (Å²) in [5.41, 5.74) is 1.22. The number of carbonyl (C=O) groups excluding carboxylic acids is 2. The second-order valence-electron chi connectivity index (χ2n) is 17.7. The number of cyclic esters (lactones) is 1. The minimum Gasteiger partial charge on any atom is -0.507 e. The molecule has 15 nitrogen and oxygen atoms in total. The van der Waals surface area contributed by atoms with Crippen molar-refractivity contribution in [2.75, 3.05) is 57.9 Å². The Balaban J connectivity index is 0.857. The van der Waals surface area contributed by atoms with Gasteiger partial charge >= 0.3 is 12.0 Å². The molecule has 1 amide bonds. The fourth-order valence-electron chi connectivity index (χ4n) is 10.0. The number of carbonyl (C=O) groups is 2. The molecular weight excluding hydrogens is 900 g/mol. The van der Waals surface area contributed by atoms with Crippen LogP contribution in [0.25, 0.3) is 44.3 Å². The van der Waals surface area contributed by atoms with Crippen LogP contribution in [0.15, 0.2) is 65.5 Å². The second-order valence-corrected chi connectivity index (χ2v) is 18.1. The van der Waals surface area contributed by atoms with Gasteiger partial charge in [0.25, 0.3) is 11.5 Å². The minimum atomic E-state index is -1.93. The average molecular weight is 948 g/mol. The van der Waals surface area contributed by atoms with E-state index in [0.29, 0.717) is 48.0 Å². The highest BCUT2D eigenvalue weighted by molar-refractivity contribution is 6.34. The Morgan fingerprint density at radius 2 is 1.78 bits per heavy atom. The molecule has 68 heavy (non-hydrogen) atoms. The van der Waals surface area contributed by atoms with Crippen molar-refractivity contribution in [2.24, 2.45) is 0 Å². The molecule has 2 N–H and O–H groups in total. The molecule has 2 saturated heterocycles. The van der Waals surface area contributed by atoms with Crippen LogP contribution in [0, 0.1) is 11.6 Å². The topological polar surface area (TPSA) is 173 Å². The summed E-state index contributed by atoms with van der Waals surface area (Å²) >= 11 is 6.66. The van der Waals surface area contributed by atoms with Crippen molar-refractivity contribution in [2.45, 2.75) is 64.3 Å². The molecule has 10 rings (SSSR count). The van der Waals surface area contributed by atoms with Gasteiger partial charge in [-0.25, -0.2) is 18.6 Å². The summed E-state index contributed by atoms with van der Waals surface area (Å²) < 4.78 is 50.8. The van der Waals surface area contributed by atoms with Gasteiger partial charge in [0.05, 0.1) is 39.6 Å². The van der Waals surface area contributed by atoms with Crippen LogP contribution in [0.1, 0.15) is 55.4 Å². The van der Waals surface area contributed by atoms with E-state index in [0.717, 1.165) is 42.0 Å². The van der Waals surface area contributed by atoms with Gasteiger partial charge in [-0.1, -0.05) is 38.1 Å². The monoisotopic (exact) mass is 947 g/mol. The smallest absolute Gasteiger partial charge is 0.343 e. The number of esters is 1. The number of likely N-dealkylation sites (tertiary alicyclic amines) is 1. The highest BCUT2D eigenvalue weighted by atomic mass is 35.5. The molecule has 4 aliphatic heterocycles. The summed E-state index contributed by atoms with van der Waals surface area (Å²) in [5.74, 6) is -2.53. The lowest BCUT2D eigenvalue weighted by molar-refractivity contribution is -0.172. The molecule has 0 aliphatic carbocycles. The van der Waals surface area contributed by atoms with Gasteiger partial charge in [0.15, 0.2) is 11.4 Å². The maximum absolute atomic E-state index is 16.6. The number of amides is 1. The number of nitrogens with zero attached hydrogens (tertiary/aromatic N) is 7. The van der Waals surface area contributed by atoms with Crippen LogP contribution in [0.4, 0.5) is 14.6 Å². The van der Waals surface area contributed by atoms with Gasteiger partial charge in [0, 0.05) is 65.3 Å². The molecule has 0 radical (unpaired) electrons. The SMILES string of the molecule is C=C(COc1ccc2nc3c(c(CC)c2c1)Cn1c-3cc2c(c1=O)COC(=O)C2(O)CC)C(=O)N1CCN(c2nc(OCC3CCCN3C)nc3c(F)c(-c4c(O)cccc4F)c(Cl)cc23)CC1. The first-order valence-electron chi connectivity index (χ1n) is 22.7. The quantitative estimate of drug-likeness (QED) is 0.104. The number of halogens is 3. The Labute approximate surface area is 394 Å². The number of likely N-dealkylation sites (N-methyl/N-ethyl adjacent to an activating group) is 1. The third kappa shape index (κ3) is 7.47. The summed E-state index contributed by atoms with van der Waals surface area (Å²) in [7, 11) is 2.01. The number of aliphatic hydroxyl groups is 1. The average Bonchev–Trinajstić information content (AvgIpc) is 3.93. The van der Waals surface area contributed by atoms with Crippen molar-refractivity contribution in [3.63, 3.8) is 0 Å². The lowest BCUT2D eigenvalue weighted by atomic mass is 9.86. The van der Waals surface area contributed by atoms with Gasteiger partial charge in [-0.3, -0.25) is 9.59 Å². The van der Waals surface area contributed by atoms with Gasteiger partial charge < -0.3 is 43.7 Å². The predicted octanol–water partition coefficient (Wildman–Crippen LogP) is 6.65. The number of aromatic hydroxyl groups is 1. The summed E-state index contributed by atoms with van der Waals surface area (Å²) in [4.78, 5) is 60.1. The zero-order valence-corrected chi connectivity index (χ0v) is 38.5. The van der Waals surface area contributed by atoms with Gasteiger partial charge in [-0.15, -0.1) is 0 Å². The first kappa shape index (κ1) is 45.1. The molecule has 2 atom stereocenters. The van der Waals surface area contributed by atoms with E-state index in [1.165, 1.54) is 18.2 Å². The van der Waals surface area contributed by atoms with E-state index < -0.39 is 29.0 Å². The van der Waals surface area contributed by atoms with E-state index in [2.05, 4.69) is 16.5 Å². The first-order chi connectivity index (χ1) is 32.7. The Morgan fingerprint density at radius 1 is 0.985 bits per heavy atom. The molecule has 6 aromatic rings. The normalized spacial score (nSPS) is 19.0. The Hall–Kier alpha value is -6.69. The number of hydrogen-bond acceptors (Lipinski definition) is 13. The Morgan fingerprint density at radius 3 is 2.50 bits per heavy atom. The molecule has 7 heterocycles. The standard InChI is InChI=1S/C50H48ClF2N7O8/c1-5-29-30-19-28(12-13-37(30)54-43-32(29)22-60-38(43)21-34-33(47(60)63)25-67-48(64)50(34,65)6-2)66-23-26(3)46(62)59-17-15-58(16-18-59)45-31-20-35(51)40(41-36(52)10-7-11-39(41)61)42(53)44(31)55-49(56-45)68-24-27-9-8-14-57(27)4/h7,10-13,19-21,27,61,65H,3,5-6,8-9,14-18,22-25H2,1-2,4H3. The van der Waals surface area contributed by atoms with Crippen LogP contribution in [-0.4, -0.2) is 110 Å². The highest BCUT2D eigenvalue weighted by Crippen LogP contribution is 2.44. The molecule has 4 aliphatic rings. The van der Waals surface area contributed by atoms with E-state index in [1.54, 1.807) is 28.5 Å². The number of hydrogen-bond donors (Lipinski definition) is 2. The van der Waals surface area contributed by atoms with Crippen LogP contribution in [0.3, 0.4) is 0 Å². The molecule has 0 bridgehead atoms. The van der Waals surface area contributed by atoms with Crippen molar-refractivity contribution >= 4 is 51.1 Å². The van der Waals surface area contributed by atoms with E-state index in [9.17, 15) is 24.6 Å². The summed E-state index contributed by atoms with van der Waals surface area (Å²) in [6.07, 6.45) is 2.59. The van der Waals surface area contributed by atoms with Crippen LogP contribution in [0.5, 0.6) is 17.5 Å². The minimum absolute atomic E-state index is 0.0463. The Bertz CT molecular complexity index is 3160. The van der Waals surface area contributed by atoms with Crippen LogP contribution < -0.4 is 19.9 Å². The third-order valence-electron chi connectivity index (χ3n) is 13.9. The molecular formula is C50H48ClF2N7O8. The van der Waals surface area contributed by atoms with Crippen molar-refractivity contribution in [1.82, 2.24) is 29.3 Å². The van der Waals surface area contributed by atoms with E-state index in [-0.39, 0.29) is 113 Å². The molecule has 2 fully saturated rings. The van der Waals surface area contributed by atoms with Gasteiger partial charge in [-0.05, 0) is 87.3 Å². The largest absolute Gasteiger partial charge is 0.507 e. The number of piperazine rings is 1. The number of aryl methyl sites for hydroxylation is 1. The lowest BCUT2D eigenvalue weighted by Gasteiger charge is -2.36. The summed E-state index contributed by atoms with van der Waals surface area (Å²) in [5, 5.41) is 22.8. The van der Waals surface area contributed by atoms with Gasteiger partial charge in [-0.2, -0.15) is 9.97 Å². The van der Waals surface area contributed by atoms with E-state index in [4.69, 9.17) is 35.8 Å². The zero-order chi connectivity index (χ0) is 47.8. The van der Waals surface area contributed by atoms with Crippen molar-refractivity contribution in [3.8, 4) is 40.0 Å². The summed E-state index contributed by atoms with van der Waals surface area (Å²) in [6.45, 7) is 10.0. The maximum atomic E-state index is 16.6. The van der Waals surface area contributed by atoms with E-state index >= 15 is 8.78 Å². The number of phenolic OH excluding ortho intramolecular Hbond substituents is 1. The highest BCUT2D eigenvalue weighted by Gasteiger charge is 2.45. The number of benzene rings is 3. The lowest BCUT2D eigenvalue weighted by Crippen LogP contribution is -2.49. The summed E-state index contributed by atoms with van der Waals surface area (Å²) in [6, 6.07) is 12.3. The van der Waals surface area contributed by atoms with Crippen molar-refractivity contribution < 1.29 is 42.8 Å². The van der Waals surface area contributed by atoms with E-state index in [1.807, 2.05) is 31.0 Å². The third-order valence-corrected chi connectivity index (χ3v) is 14.2. The number of pyridine rings is 2. The maximum Gasteiger partial charge on any atom is 0.343 e. The van der Waals surface area contributed by atoms with Gasteiger partial charge in [0.2, 0.25) is 0 Å². The molecule has 0 spiro atoms. The molecule has 18 heteroatoms. The number of anilines is 1. The molecule has 0 saturated carbocycles. The molecule has 2 unspecified atom stereocenters. The fraction of sp³-hybridized carbons (Fsp3) is 0.360.